The number of aliphatic hydroxyl groups excluding tert-OH is 1. The molecule has 0 aromatic heterocycles. The topological polar surface area (TPSA) is 69.2 Å². The second-order valence-electron chi connectivity index (χ2n) is 5.02. The quantitative estimate of drug-likeness (QED) is 0.608. The molecule has 0 bridgehead atoms. The predicted molar refractivity (Wildman–Crippen MR) is 71.3 cm³/mol. The van der Waals surface area contributed by atoms with E-state index in [4.69, 9.17) is 18.9 Å². The highest BCUT2D eigenvalue weighted by Crippen LogP contribution is 2.04. The van der Waals surface area contributed by atoms with Crippen molar-refractivity contribution in [3.8, 4) is 0 Å². The third-order valence-corrected chi connectivity index (χ3v) is 2.82. The normalized spacial score (nSPS) is 27.2. The van der Waals surface area contributed by atoms with E-state index in [1.807, 2.05) is 13.8 Å². The van der Waals surface area contributed by atoms with Crippen molar-refractivity contribution in [1.82, 2.24) is 5.32 Å². The average Bonchev–Trinajstić information content (AvgIpc) is 2.37. The van der Waals surface area contributed by atoms with Gasteiger partial charge in [0.05, 0.1) is 44.7 Å². The van der Waals surface area contributed by atoms with Crippen LogP contribution in [0.15, 0.2) is 0 Å². The molecule has 4 atom stereocenters. The molecule has 0 radical (unpaired) electrons. The smallest absolute Gasteiger partial charge is 0.101 e. The molecule has 4 unspecified atom stereocenters. The highest BCUT2D eigenvalue weighted by molar-refractivity contribution is 4.71. The average molecular weight is 277 g/mol. The Morgan fingerprint density at radius 3 is 2.79 bits per heavy atom. The fraction of sp³-hybridized carbons (Fsp3) is 1.00. The maximum Gasteiger partial charge on any atom is 0.101 e. The lowest BCUT2D eigenvalue weighted by molar-refractivity contribution is -0.0933. The number of rotatable bonds is 9. The van der Waals surface area contributed by atoms with Crippen molar-refractivity contribution in [3.05, 3.63) is 0 Å². The summed E-state index contributed by atoms with van der Waals surface area (Å²) in [6, 6.07) is 0. The highest BCUT2D eigenvalue weighted by Gasteiger charge is 2.19. The lowest BCUT2D eigenvalue weighted by Gasteiger charge is -2.28. The van der Waals surface area contributed by atoms with Crippen LogP contribution >= 0.6 is 0 Å². The van der Waals surface area contributed by atoms with Crippen molar-refractivity contribution < 1.29 is 24.1 Å². The van der Waals surface area contributed by atoms with Crippen molar-refractivity contribution in [2.24, 2.45) is 0 Å². The van der Waals surface area contributed by atoms with E-state index in [0.717, 1.165) is 13.1 Å². The Bertz CT molecular complexity index is 229. The lowest BCUT2D eigenvalue weighted by Crippen LogP contribution is -2.45. The molecule has 1 aliphatic rings. The number of nitrogens with one attached hydrogen (secondary N) is 1. The van der Waals surface area contributed by atoms with Crippen molar-refractivity contribution in [3.63, 3.8) is 0 Å². The van der Waals surface area contributed by atoms with Crippen LogP contribution in [0.2, 0.25) is 0 Å². The molecule has 0 aliphatic carbocycles. The minimum atomic E-state index is -0.617. The maximum atomic E-state index is 9.70. The van der Waals surface area contributed by atoms with Crippen LogP contribution in [0.1, 0.15) is 13.8 Å². The summed E-state index contributed by atoms with van der Waals surface area (Å²) in [6.07, 6.45) is -0.366. The first-order chi connectivity index (χ1) is 9.11. The van der Waals surface area contributed by atoms with E-state index in [2.05, 4.69) is 5.32 Å². The van der Waals surface area contributed by atoms with Gasteiger partial charge in [0.25, 0.3) is 0 Å². The van der Waals surface area contributed by atoms with Crippen molar-refractivity contribution in [2.75, 3.05) is 46.6 Å². The number of hydrogen-bond donors (Lipinski definition) is 2. The molecule has 114 valence electrons. The van der Waals surface area contributed by atoms with Gasteiger partial charge in [-0.15, -0.1) is 0 Å². The monoisotopic (exact) mass is 277 g/mol. The summed E-state index contributed by atoms with van der Waals surface area (Å²) in [6.45, 7) is 7.12. The van der Waals surface area contributed by atoms with Crippen molar-refractivity contribution >= 4 is 0 Å². The van der Waals surface area contributed by atoms with E-state index in [-0.39, 0.29) is 31.5 Å². The van der Waals surface area contributed by atoms with Gasteiger partial charge in [-0.25, -0.2) is 0 Å². The van der Waals surface area contributed by atoms with Gasteiger partial charge in [-0.1, -0.05) is 0 Å². The molecule has 0 spiro atoms. The van der Waals surface area contributed by atoms with Gasteiger partial charge in [0.15, 0.2) is 0 Å². The fourth-order valence-corrected chi connectivity index (χ4v) is 1.91. The molecule has 1 fully saturated rings. The van der Waals surface area contributed by atoms with E-state index < -0.39 is 6.10 Å². The Hall–Kier alpha value is -0.240. The largest absolute Gasteiger partial charge is 0.388 e. The van der Waals surface area contributed by atoms with Crippen LogP contribution in [0.25, 0.3) is 0 Å². The molecule has 0 amide bonds. The number of methoxy groups -OCH3 is 1. The third-order valence-electron chi connectivity index (χ3n) is 2.82. The van der Waals surface area contributed by atoms with Gasteiger partial charge in [-0.3, -0.25) is 0 Å². The van der Waals surface area contributed by atoms with Crippen LogP contribution in [0.4, 0.5) is 0 Å². The summed E-state index contributed by atoms with van der Waals surface area (Å²) in [5.41, 5.74) is 0. The van der Waals surface area contributed by atoms with Crippen molar-refractivity contribution in [1.29, 1.82) is 0 Å². The number of hydrogen-bond acceptors (Lipinski definition) is 6. The van der Waals surface area contributed by atoms with Gasteiger partial charge >= 0.3 is 0 Å². The molecule has 0 saturated carbocycles. The number of ether oxygens (including phenoxy) is 4. The Balaban J connectivity index is 2.01. The first-order valence-electron chi connectivity index (χ1n) is 6.84. The van der Waals surface area contributed by atoms with Gasteiger partial charge in [0.2, 0.25) is 0 Å². The van der Waals surface area contributed by atoms with Crippen LogP contribution < -0.4 is 5.32 Å². The minimum Gasteiger partial charge on any atom is -0.388 e. The van der Waals surface area contributed by atoms with Crippen LogP contribution in [-0.2, 0) is 18.9 Å². The zero-order valence-electron chi connectivity index (χ0n) is 12.1. The van der Waals surface area contributed by atoms with Crippen LogP contribution in [0, 0.1) is 0 Å². The lowest BCUT2D eigenvalue weighted by atomic mass is 10.2. The molecule has 1 aliphatic heterocycles. The minimum absolute atomic E-state index is 0.0219. The van der Waals surface area contributed by atoms with Crippen molar-refractivity contribution in [2.45, 2.75) is 38.3 Å². The maximum absolute atomic E-state index is 9.70. The van der Waals surface area contributed by atoms with Crippen LogP contribution in [0.5, 0.6) is 0 Å². The molecule has 19 heavy (non-hydrogen) atoms. The predicted octanol–water partition coefficient (Wildman–Crippen LogP) is -0.208. The van der Waals surface area contributed by atoms with Gasteiger partial charge in [-0.05, 0) is 13.8 Å². The Morgan fingerprint density at radius 1 is 1.32 bits per heavy atom. The second-order valence-corrected chi connectivity index (χ2v) is 5.02. The molecule has 2 N–H and O–H groups in total. The van der Waals surface area contributed by atoms with Crippen LogP contribution in [0.3, 0.4) is 0 Å². The van der Waals surface area contributed by atoms with Gasteiger partial charge < -0.3 is 29.4 Å². The van der Waals surface area contributed by atoms with E-state index in [1.165, 1.54) is 0 Å². The molecule has 1 saturated heterocycles. The fourth-order valence-electron chi connectivity index (χ4n) is 1.91. The summed E-state index contributed by atoms with van der Waals surface area (Å²) in [4.78, 5) is 0. The number of morpholine rings is 1. The molecular weight excluding hydrogens is 250 g/mol. The second kappa shape index (κ2) is 9.63. The first-order valence-corrected chi connectivity index (χ1v) is 6.84. The molecule has 0 aromatic rings. The van der Waals surface area contributed by atoms with Crippen LogP contribution in [-0.4, -0.2) is 76.1 Å². The Morgan fingerprint density at radius 2 is 2.11 bits per heavy atom. The highest BCUT2D eigenvalue weighted by atomic mass is 16.6. The van der Waals surface area contributed by atoms with E-state index in [1.54, 1.807) is 7.11 Å². The molecule has 6 nitrogen and oxygen atoms in total. The van der Waals surface area contributed by atoms with E-state index >= 15 is 0 Å². The zero-order valence-corrected chi connectivity index (χ0v) is 12.1. The molecule has 0 aromatic carbocycles. The summed E-state index contributed by atoms with van der Waals surface area (Å²) in [7, 11) is 1.62. The Kier molecular flexibility index (Phi) is 8.52. The standard InChI is InChI=1S/C13H27NO5/c1-10-4-14-5-13(19-10)9-17-7-12(15)8-18-11(2)6-16-3/h10-15H,4-9H2,1-3H3. The summed E-state index contributed by atoms with van der Waals surface area (Å²) in [5.74, 6) is 0. The molecule has 1 rings (SSSR count). The first kappa shape index (κ1) is 16.8. The van der Waals surface area contributed by atoms with Gasteiger partial charge in [0.1, 0.15) is 6.10 Å². The molecular formula is C13H27NO5. The van der Waals surface area contributed by atoms with E-state index in [9.17, 15) is 5.11 Å². The van der Waals surface area contributed by atoms with E-state index in [0.29, 0.717) is 13.2 Å². The SMILES string of the molecule is COCC(C)OCC(O)COCC1CNCC(C)O1. The zero-order chi connectivity index (χ0) is 14.1. The third kappa shape index (κ3) is 7.81. The summed E-state index contributed by atoms with van der Waals surface area (Å²) >= 11 is 0. The molecule has 1 heterocycles. The Labute approximate surface area is 115 Å². The number of aliphatic hydroxyl groups is 1. The van der Waals surface area contributed by atoms with Gasteiger partial charge in [-0.2, -0.15) is 0 Å². The molecule has 6 heteroatoms. The summed E-state index contributed by atoms with van der Waals surface area (Å²) < 4.78 is 21.5. The summed E-state index contributed by atoms with van der Waals surface area (Å²) in [5, 5.41) is 13.0. The van der Waals surface area contributed by atoms with Gasteiger partial charge in [0, 0.05) is 20.2 Å².